The van der Waals surface area contributed by atoms with E-state index in [-0.39, 0.29) is 24.5 Å². The number of hydrogen-bond acceptors (Lipinski definition) is 6. The van der Waals surface area contributed by atoms with Crippen LogP contribution in [-0.2, 0) is 20.8 Å². The van der Waals surface area contributed by atoms with Crippen LogP contribution in [0.2, 0.25) is 0 Å². The normalized spacial score (nSPS) is 10.3. The molecule has 4 N–H and O–H groups in total. The van der Waals surface area contributed by atoms with Crippen molar-refractivity contribution < 1.29 is 19.5 Å². The Morgan fingerprint density at radius 1 is 1.38 bits per heavy atom. The van der Waals surface area contributed by atoms with Crippen molar-refractivity contribution in [2.45, 2.75) is 25.7 Å². The molecule has 0 radical (unpaired) electrons. The molecule has 1 aromatic rings. The Balaban J connectivity index is 2.25. The predicted octanol–water partition coefficient (Wildman–Crippen LogP) is 1.10. The zero-order valence-electron chi connectivity index (χ0n) is 11.3. The lowest BCUT2D eigenvalue weighted by Crippen LogP contribution is -2.15. The van der Waals surface area contributed by atoms with Crippen LogP contribution in [0.3, 0.4) is 0 Å². The summed E-state index contributed by atoms with van der Waals surface area (Å²) in [6.07, 6.45) is 1.49. The van der Waals surface area contributed by atoms with Crippen LogP contribution in [0.25, 0.3) is 0 Å². The molecule has 1 aromatic heterocycles. The number of thiazole rings is 1. The molecular formula is C12H17N3O4S2. The SMILES string of the molecule is NC(=O)CSCCC(=O)Nc1nc(CCCC(=O)O)cs1. The van der Waals surface area contributed by atoms with Gasteiger partial charge in [-0.2, -0.15) is 11.8 Å². The topological polar surface area (TPSA) is 122 Å². The first kappa shape index (κ1) is 17.4. The Morgan fingerprint density at radius 3 is 2.81 bits per heavy atom. The third-order valence-electron chi connectivity index (χ3n) is 2.34. The number of amides is 2. The largest absolute Gasteiger partial charge is 0.481 e. The molecule has 0 atom stereocenters. The van der Waals surface area contributed by atoms with E-state index in [9.17, 15) is 14.4 Å². The predicted molar refractivity (Wildman–Crippen MR) is 82.5 cm³/mol. The van der Waals surface area contributed by atoms with E-state index in [0.29, 0.717) is 23.7 Å². The van der Waals surface area contributed by atoms with Gasteiger partial charge >= 0.3 is 5.97 Å². The fraction of sp³-hybridized carbons (Fsp3) is 0.500. The highest BCUT2D eigenvalue weighted by Crippen LogP contribution is 2.17. The van der Waals surface area contributed by atoms with E-state index in [0.717, 1.165) is 5.69 Å². The van der Waals surface area contributed by atoms with Gasteiger partial charge in [-0.05, 0) is 12.8 Å². The number of nitrogens with two attached hydrogens (primary N) is 1. The Kier molecular flexibility index (Phi) is 7.76. The number of primary amides is 1. The molecule has 0 aliphatic carbocycles. The minimum absolute atomic E-state index is 0.107. The van der Waals surface area contributed by atoms with Crippen LogP contribution in [0, 0.1) is 0 Å². The average molecular weight is 331 g/mol. The Bertz CT molecular complexity index is 504. The van der Waals surface area contributed by atoms with Crippen molar-refractivity contribution in [3.05, 3.63) is 11.1 Å². The van der Waals surface area contributed by atoms with Gasteiger partial charge < -0.3 is 16.2 Å². The van der Waals surface area contributed by atoms with E-state index in [1.54, 1.807) is 5.38 Å². The number of carboxylic acid groups (broad SMARTS) is 1. The van der Waals surface area contributed by atoms with Crippen LogP contribution in [0.5, 0.6) is 0 Å². The number of carbonyl (C=O) groups excluding carboxylic acids is 2. The van der Waals surface area contributed by atoms with Crippen molar-refractivity contribution in [3.63, 3.8) is 0 Å². The fourth-order valence-corrected chi connectivity index (χ4v) is 2.86. The van der Waals surface area contributed by atoms with E-state index in [4.69, 9.17) is 10.8 Å². The van der Waals surface area contributed by atoms with Crippen LogP contribution in [0.1, 0.15) is 25.0 Å². The van der Waals surface area contributed by atoms with Gasteiger partial charge in [-0.25, -0.2) is 4.98 Å². The molecule has 2 amide bonds. The molecule has 0 unspecified atom stereocenters. The first-order chi connectivity index (χ1) is 9.97. The van der Waals surface area contributed by atoms with Gasteiger partial charge in [0.1, 0.15) is 0 Å². The highest BCUT2D eigenvalue weighted by Gasteiger charge is 2.07. The maximum Gasteiger partial charge on any atom is 0.303 e. The smallest absolute Gasteiger partial charge is 0.303 e. The molecule has 0 fully saturated rings. The molecule has 116 valence electrons. The Morgan fingerprint density at radius 2 is 2.14 bits per heavy atom. The maximum atomic E-state index is 11.6. The molecule has 9 heteroatoms. The minimum atomic E-state index is -0.827. The first-order valence-corrected chi connectivity index (χ1v) is 8.33. The molecule has 0 spiro atoms. The van der Waals surface area contributed by atoms with E-state index < -0.39 is 11.9 Å². The Labute approximate surface area is 130 Å². The summed E-state index contributed by atoms with van der Waals surface area (Å²) in [6, 6.07) is 0. The molecule has 7 nitrogen and oxygen atoms in total. The summed E-state index contributed by atoms with van der Waals surface area (Å²) in [5, 5.41) is 13.5. The van der Waals surface area contributed by atoms with Gasteiger partial charge in [0.15, 0.2) is 5.13 Å². The fourth-order valence-electron chi connectivity index (χ4n) is 1.42. The van der Waals surface area contributed by atoms with E-state index >= 15 is 0 Å². The third-order valence-corrected chi connectivity index (χ3v) is 4.13. The number of rotatable bonds is 10. The molecule has 0 saturated carbocycles. The number of anilines is 1. The van der Waals surface area contributed by atoms with Gasteiger partial charge in [-0.1, -0.05) is 0 Å². The molecule has 0 bridgehead atoms. The first-order valence-electron chi connectivity index (χ1n) is 6.29. The van der Waals surface area contributed by atoms with Crippen molar-refractivity contribution in [3.8, 4) is 0 Å². The minimum Gasteiger partial charge on any atom is -0.481 e. The maximum absolute atomic E-state index is 11.6. The zero-order chi connectivity index (χ0) is 15.7. The molecule has 0 saturated heterocycles. The highest BCUT2D eigenvalue weighted by atomic mass is 32.2. The van der Waals surface area contributed by atoms with Gasteiger partial charge in [-0.3, -0.25) is 14.4 Å². The number of carboxylic acids is 1. The van der Waals surface area contributed by atoms with Gasteiger partial charge in [0.05, 0.1) is 11.4 Å². The lowest BCUT2D eigenvalue weighted by Gasteiger charge is -2.01. The van der Waals surface area contributed by atoms with Crippen molar-refractivity contribution in [1.82, 2.24) is 4.98 Å². The van der Waals surface area contributed by atoms with Crippen LogP contribution >= 0.6 is 23.1 Å². The van der Waals surface area contributed by atoms with Gasteiger partial charge in [0.25, 0.3) is 0 Å². The standard InChI is InChI=1S/C12H17N3O4S2/c13-9(16)7-20-5-4-10(17)15-12-14-8(6-21-12)2-1-3-11(18)19/h6H,1-5,7H2,(H2,13,16)(H,18,19)(H,14,15,17). The third kappa shape index (κ3) is 8.30. The lowest BCUT2D eigenvalue weighted by molar-refractivity contribution is -0.137. The van der Waals surface area contributed by atoms with Gasteiger partial charge in [-0.15, -0.1) is 11.3 Å². The molecule has 0 aliphatic rings. The van der Waals surface area contributed by atoms with Crippen LogP contribution in [0.4, 0.5) is 5.13 Å². The van der Waals surface area contributed by atoms with Crippen LogP contribution in [-0.4, -0.2) is 39.4 Å². The van der Waals surface area contributed by atoms with E-state index in [1.165, 1.54) is 23.1 Å². The molecule has 0 aromatic carbocycles. The van der Waals surface area contributed by atoms with Crippen molar-refractivity contribution >= 4 is 46.0 Å². The van der Waals surface area contributed by atoms with Crippen molar-refractivity contribution in [1.29, 1.82) is 0 Å². The summed E-state index contributed by atoms with van der Waals surface area (Å²) in [6.45, 7) is 0. The number of aliphatic carboxylic acids is 1. The lowest BCUT2D eigenvalue weighted by atomic mass is 10.2. The summed E-state index contributed by atoms with van der Waals surface area (Å²) in [5.74, 6) is -0.666. The number of carbonyl (C=O) groups is 3. The molecule has 1 heterocycles. The number of nitrogens with one attached hydrogen (secondary N) is 1. The second kappa shape index (κ2) is 9.35. The summed E-state index contributed by atoms with van der Waals surface area (Å²) >= 11 is 2.62. The van der Waals surface area contributed by atoms with Crippen LogP contribution < -0.4 is 11.1 Å². The highest BCUT2D eigenvalue weighted by molar-refractivity contribution is 7.99. The number of thioether (sulfide) groups is 1. The monoisotopic (exact) mass is 331 g/mol. The number of aromatic nitrogens is 1. The summed E-state index contributed by atoms with van der Waals surface area (Å²) in [5.41, 5.74) is 5.77. The Hall–Kier alpha value is -1.61. The van der Waals surface area contributed by atoms with Crippen molar-refractivity contribution in [2.75, 3.05) is 16.8 Å². The number of aryl methyl sites for hydroxylation is 1. The van der Waals surface area contributed by atoms with E-state index in [2.05, 4.69) is 10.3 Å². The van der Waals surface area contributed by atoms with Crippen LogP contribution in [0.15, 0.2) is 5.38 Å². The number of hydrogen-bond donors (Lipinski definition) is 3. The van der Waals surface area contributed by atoms with Gasteiger partial charge in [0, 0.05) is 24.0 Å². The van der Waals surface area contributed by atoms with Crippen molar-refractivity contribution in [2.24, 2.45) is 5.73 Å². The molecule has 1 rings (SSSR count). The number of nitrogens with zero attached hydrogens (tertiary/aromatic N) is 1. The summed E-state index contributed by atoms with van der Waals surface area (Å²) in [7, 11) is 0. The second-order valence-electron chi connectivity index (χ2n) is 4.21. The van der Waals surface area contributed by atoms with Gasteiger partial charge in [0.2, 0.25) is 11.8 Å². The quantitative estimate of drug-likeness (QED) is 0.552. The average Bonchev–Trinajstić information content (AvgIpc) is 2.81. The summed E-state index contributed by atoms with van der Waals surface area (Å²) < 4.78 is 0. The van der Waals surface area contributed by atoms with E-state index in [1.807, 2.05) is 0 Å². The molecule has 21 heavy (non-hydrogen) atoms. The second-order valence-corrected chi connectivity index (χ2v) is 6.17. The summed E-state index contributed by atoms with van der Waals surface area (Å²) in [4.78, 5) is 36.8. The molecule has 0 aliphatic heterocycles. The molecular weight excluding hydrogens is 314 g/mol. The zero-order valence-corrected chi connectivity index (χ0v) is 13.0.